The van der Waals surface area contributed by atoms with E-state index in [0.29, 0.717) is 11.9 Å². The van der Waals surface area contributed by atoms with Gasteiger partial charge in [0, 0.05) is 6.54 Å². The average Bonchev–Trinajstić information content (AvgIpc) is 2.48. The van der Waals surface area contributed by atoms with Gasteiger partial charge in [-0.2, -0.15) is 0 Å². The van der Waals surface area contributed by atoms with Crippen molar-refractivity contribution in [2.24, 2.45) is 0 Å². The van der Waals surface area contributed by atoms with Gasteiger partial charge in [-0.05, 0) is 35.6 Å². The molecule has 0 fully saturated rings. The third-order valence-corrected chi connectivity index (χ3v) is 4.09. The lowest BCUT2D eigenvalue weighted by atomic mass is 10.1. The van der Waals surface area contributed by atoms with Gasteiger partial charge in [-0.15, -0.1) is 0 Å². The van der Waals surface area contributed by atoms with Crippen LogP contribution in [0.2, 0.25) is 0 Å². The second kappa shape index (κ2) is 5.29. The molecule has 1 aromatic heterocycles. The molecular formula is C16H16N2OS. The summed E-state index contributed by atoms with van der Waals surface area (Å²) in [5, 5.41) is 3.70. The van der Waals surface area contributed by atoms with E-state index in [4.69, 9.17) is 0 Å². The predicted molar refractivity (Wildman–Crippen MR) is 85.6 cm³/mol. The van der Waals surface area contributed by atoms with Crippen LogP contribution in [0.4, 0.5) is 0 Å². The van der Waals surface area contributed by atoms with Crippen molar-refractivity contribution in [3.63, 3.8) is 0 Å². The third-order valence-electron chi connectivity index (χ3n) is 3.42. The van der Waals surface area contributed by atoms with Crippen LogP contribution in [0.1, 0.15) is 13.3 Å². The van der Waals surface area contributed by atoms with Crippen LogP contribution < -0.4 is 5.56 Å². The fourth-order valence-corrected chi connectivity index (χ4v) is 3.05. The molecule has 0 spiro atoms. The zero-order valence-corrected chi connectivity index (χ0v) is 12.4. The smallest absolute Gasteiger partial charge is 0.262 e. The van der Waals surface area contributed by atoms with Crippen LogP contribution in [-0.2, 0) is 6.54 Å². The van der Waals surface area contributed by atoms with Gasteiger partial charge in [0.1, 0.15) is 0 Å². The molecule has 0 amide bonds. The van der Waals surface area contributed by atoms with Crippen molar-refractivity contribution < 1.29 is 0 Å². The van der Waals surface area contributed by atoms with Gasteiger partial charge < -0.3 is 0 Å². The number of benzene rings is 2. The topological polar surface area (TPSA) is 34.9 Å². The number of rotatable bonds is 3. The molecule has 2 aromatic carbocycles. The molecule has 1 heterocycles. The molecule has 0 saturated heterocycles. The second-order valence-electron chi connectivity index (χ2n) is 4.77. The van der Waals surface area contributed by atoms with Gasteiger partial charge in [-0.25, -0.2) is 4.98 Å². The highest BCUT2D eigenvalue weighted by Crippen LogP contribution is 2.21. The zero-order chi connectivity index (χ0) is 14.1. The summed E-state index contributed by atoms with van der Waals surface area (Å²) >= 11 is 1.52. The standard InChI is InChI=1S/C16H16N2OS/c1-3-8-18-15(19)13-9-11-6-4-5-7-12(11)10-14(13)17-16(18)20-2/h4-7,9-10H,3,8H2,1-2H3. The van der Waals surface area contributed by atoms with E-state index in [-0.39, 0.29) is 5.56 Å². The van der Waals surface area contributed by atoms with E-state index in [2.05, 4.69) is 11.9 Å². The Morgan fingerprint density at radius 2 is 1.90 bits per heavy atom. The minimum atomic E-state index is 0.0620. The fourth-order valence-electron chi connectivity index (χ4n) is 2.46. The first-order valence-corrected chi connectivity index (χ1v) is 7.94. The molecule has 0 N–H and O–H groups in total. The first-order chi connectivity index (χ1) is 9.74. The molecule has 0 aliphatic rings. The van der Waals surface area contributed by atoms with Crippen LogP contribution in [0, 0.1) is 0 Å². The molecule has 0 atom stereocenters. The quantitative estimate of drug-likeness (QED) is 0.418. The summed E-state index contributed by atoms with van der Waals surface area (Å²) in [5.41, 5.74) is 0.845. The van der Waals surface area contributed by atoms with Crippen LogP contribution in [-0.4, -0.2) is 15.8 Å². The van der Waals surface area contributed by atoms with Crippen molar-refractivity contribution in [2.75, 3.05) is 6.26 Å². The zero-order valence-electron chi connectivity index (χ0n) is 11.6. The van der Waals surface area contributed by atoms with Crippen LogP contribution in [0.25, 0.3) is 21.7 Å². The lowest BCUT2D eigenvalue weighted by Crippen LogP contribution is -2.23. The normalized spacial score (nSPS) is 11.3. The number of aromatic nitrogens is 2. The van der Waals surface area contributed by atoms with Gasteiger partial charge in [0.05, 0.1) is 10.9 Å². The lowest BCUT2D eigenvalue weighted by Gasteiger charge is -2.11. The minimum Gasteiger partial charge on any atom is -0.287 e. The summed E-state index contributed by atoms with van der Waals surface area (Å²) in [4.78, 5) is 17.3. The van der Waals surface area contributed by atoms with E-state index in [0.717, 1.165) is 27.9 Å². The molecule has 102 valence electrons. The van der Waals surface area contributed by atoms with Crippen LogP contribution in [0.15, 0.2) is 46.3 Å². The molecule has 0 aliphatic carbocycles. The Labute approximate surface area is 121 Å². The molecule has 0 saturated carbocycles. The second-order valence-corrected chi connectivity index (χ2v) is 5.55. The maximum absolute atomic E-state index is 12.7. The largest absolute Gasteiger partial charge is 0.287 e. The Morgan fingerprint density at radius 3 is 2.55 bits per heavy atom. The molecule has 4 heteroatoms. The van der Waals surface area contributed by atoms with E-state index < -0.39 is 0 Å². The first-order valence-electron chi connectivity index (χ1n) is 6.72. The third kappa shape index (κ3) is 2.10. The molecule has 3 nitrogen and oxygen atoms in total. The average molecular weight is 284 g/mol. The van der Waals surface area contributed by atoms with Gasteiger partial charge in [0.25, 0.3) is 5.56 Å². The van der Waals surface area contributed by atoms with Crippen molar-refractivity contribution in [3.05, 3.63) is 46.8 Å². The number of hydrogen-bond acceptors (Lipinski definition) is 3. The Balaban J connectivity index is 2.40. The molecule has 0 aliphatic heterocycles. The van der Waals surface area contributed by atoms with Crippen molar-refractivity contribution in [3.8, 4) is 0 Å². The SMILES string of the molecule is CCCn1c(SC)nc2cc3ccccc3cc2c1=O. The van der Waals surface area contributed by atoms with Gasteiger partial charge in [-0.3, -0.25) is 9.36 Å². The summed E-state index contributed by atoms with van der Waals surface area (Å²) in [6.07, 6.45) is 2.88. The van der Waals surface area contributed by atoms with Crippen molar-refractivity contribution >= 4 is 33.4 Å². The molecule has 3 rings (SSSR count). The van der Waals surface area contributed by atoms with Gasteiger partial charge >= 0.3 is 0 Å². The van der Waals surface area contributed by atoms with Crippen molar-refractivity contribution in [2.45, 2.75) is 25.0 Å². The molecular weight excluding hydrogens is 268 g/mol. The van der Waals surface area contributed by atoms with Gasteiger partial charge in [0.15, 0.2) is 5.16 Å². The fraction of sp³-hybridized carbons (Fsp3) is 0.250. The van der Waals surface area contributed by atoms with E-state index in [1.165, 1.54) is 11.8 Å². The highest BCUT2D eigenvalue weighted by Gasteiger charge is 2.10. The van der Waals surface area contributed by atoms with Crippen LogP contribution in [0.5, 0.6) is 0 Å². The minimum absolute atomic E-state index is 0.0620. The predicted octanol–water partition coefficient (Wildman–Crippen LogP) is 3.68. The summed E-state index contributed by atoms with van der Waals surface area (Å²) in [6, 6.07) is 12.0. The number of thioether (sulfide) groups is 1. The first kappa shape index (κ1) is 13.2. The summed E-state index contributed by atoms with van der Waals surface area (Å²) < 4.78 is 1.78. The van der Waals surface area contributed by atoms with Gasteiger partial charge in [-0.1, -0.05) is 43.0 Å². The Morgan fingerprint density at radius 1 is 1.20 bits per heavy atom. The van der Waals surface area contributed by atoms with Crippen molar-refractivity contribution in [1.82, 2.24) is 9.55 Å². The number of hydrogen-bond donors (Lipinski definition) is 0. The molecule has 0 radical (unpaired) electrons. The number of fused-ring (bicyclic) bond motifs is 2. The van der Waals surface area contributed by atoms with Crippen LogP contribution >= 0.6 is 11.8 Å². The highest BCUT2D eigenvalue weighted by atomic mass is 32.2. The molecule has 20 heavy (non-hydrogen) atoms. The maximum Gasteiger partial charge on any atom is 0.262 e. The van der Waals surface area contributed by atoms with Crippen molar-refractivity contribution in [1.29, 1.82) is 0 Å². The maximum atomic E-state index is 12.7. The number of nitrogens with zero attached hydrogens (tertiary/aromatic N) is 2. The molecule has 0 bridgehead atoms. The van der Waals surface area contributed by atoms with E-state index >= 15 is 0 Å². The Hall–Kier alpha value is -1.81. The summed E-state index contributed by atoms with van der Waals surface area (Å²) in [7, 11) is 0. The Bertz CT molecular complexity index is 839. The van der Waals surface area contributed by atoms with Crippen LogP contribution in [0.3, 0.4) is 0 Å². The molecule has 0 unspecified atom stereocenters. The van der Waals surface area contributed by atoms with E-state index in [1.54, 1.807) is 4.57 Å². The summed E-state index contributed by atoms with van der Waals surface area (Å²) in [5.74, 6) is 0. The summed E-state index contributed by atoms with van der Waals surface area (Å²) in [6.45, 7) is 2.78. The van der Waals surface area contributed by atoms with E-state index in [9.17, 15) is 4.79 Å². The highest BCUT2D eigenvalue weighted by molar-refractivity contribution is 7.98. The Kier molecular flexibility index (Phi) is 3.49. The van der Waals surface area contributed by atoms with E-state index in [1.807, 2.05) is 42.7 Å². The molecule has 3 aromatic rings. The lowest BCUT2D eigenvalue weighted by molar-refractivity contribution is 0.585. The van der Waals surface area contributed by atoms with Gasteiger partial charge in [0.2, 0.25) is 0 Å². The monoisotopic (exact) mass is 284 g/mol.